The van der Waals surface area contributed by atoms with Crippen LogP contribution in [0.2, 0.25) is 0 Å². The molecular formula is C25H26N6O5S. The number of aromatic nitrogens is 2. The Morgan fingerprint density at radius 2 is 1.38 bits per heavy atom. The molecule has 0 atom stereocenters. The summed E-state index contributed by atoms with van der Waals surface area (Å²) in [6.45, 7) is 1.53. The van der Waals surface area contributed by atoms with Crippen LogP contribution in [-0.2, 0) is 16.0 Å². The van der Waals surface area contributed by atoms with Crippen molar-refractivity contribution in [2.24, 2.45) is 0 Å². The van der Waals surface area contributed by atoms with Crippen molar-refractivity contribution in [1.82, 2.24) is 20.6 Å². The van der Waals surface area contributed by atoms with Gasteiger partial charge in [0.25, 0.3) is 5.91 Å². The van der Waals surface area contributed by atoms with Crippen LogP contribution < -0.4 is 26.0 Å². The quantitative estimate of drug-likeness (QED) is 0.233. The Hall–Kier alpha value is -4.45. The van der Waals surface area contributed by atoms with Crippen LogP contribution in [0.25, 0.3) is 0 Å². The molecule has 3 aromatic rings. The van der Waals surface area contributed by atoms with Gasteiger partial charge in [0.15, 0.2) is 11.8 Å². The molecule has 12 heteroatoms. The van der Waals surface area contributed by atoms with Crippen molar-refractivity contribution < 1.29 is 23.9 Å². The van der Waals surface area contributed by atoms with Gasteiger partial charge in [0.1, 0.15) is 0 Å². The molecule has 1 heterocycles. The molecule has 0 fully saturated rings. The topological polar surface area (TPSA) is 151 Å². The van der Waals surface area contributed by atoms with E-state index in [9.17, 15) is 19.2 Å². The largest absolute Gasteiger partial charge is 0.467 e. The minimum atomic E-state index is -0.687. The zero-order chi connectivity index (χ0) is 26.5. The molecule has 0 aliphatic heterocycles. The highest BCUT2D eigenvalue weighted by Gasteiger charge is 2.14. The van der Waals surface area contributed by atoms with Gasteiger partial charge in [0.2, 0.25) is 11.8 Å². The van der Waals surface area contributed by atoms with Crippen LogP contribution in [0, 0.1) is 0 Å². The van der Waals surface area contributed by atoms with Crippen LogP contribution in [0.4, 0.5) is 21.0 Å². The zero-order valence-corrected chi connectivity index (χ0v) is 20.8. The lowest BCUT2D eigenvalue weighted by Gasteiger charge is -2.10. The fourth-order valence-corrected chi connectivity index (χ4v) is 3.60. The first kappa shape index (κ1) is 27.1. The van der Waals surface area contributed by atoms with Crippen molar-refractivity contribution in [2.45, 2.75) is 24.9 Å². The number of carbonyl (C=O) groups excluding carboxylic acids is 4. The molecule has 0 unspecified atom stereocenters. The van der Waals surface area contributed by atoms with Gasteiger partial charge in [-0.15, -0.1) is 0 Å². The summed E-state index contributed by atoms with van der Waals surface area (Å²) in [6.07, 6.45) is 1.44. The van der Waals surface area contributed by atoms with Crippen molar-refractivity contribution in [3.63, 3.8) is 0 Å². The van der Waals surface area contributed by atoms with Crippen LogP contribution in [0.15, 0.2) is 71.9 Å². The fourth-order valence-electron chi connectivity index (χ4n) is 2.93. The van der Waals surface area contributed by atoms with Crippen molar-refractivity contribution >= 4 is 47.0 Å². The van der Waals surface area contributed by atoms with Gasteiger partial charge in [-0.3, -0.25) is 20.2 Å². The number of imide groups is 2. The van der Waals surface area contributed by atoms with Crippen molar-refractivity contribution in [1.29, 1.82) is 0 Å². The zero-order valence-electron chi connectivity index (χ0n) is 20.0. The van der Waals surface area contributed by atoms with E-state index in [2.05, 4.69) is 31.2 Å². The number of thioether (sulfide) groups is 1. The maximum Gasteiger partial charge on any atom is 0.325 e. The normalized spacial score (nSPS) is 10.2. The van der Waals surface area contributed by atoms with Gasteiger partial charge < -0.3 is 15.4 Å². The SMILES string of the molecule is CCCc1cc(OCC(=O)NC(=O)Nc2ccccc2)nc(SCC(=O)NC(=O)Nc2ccccc2)n1. The fraction of sp³-hybridized carbons (Fsp3) is 0.200. The Labute approximate surface area is 217 Å². The average molecular weight is 523 g/mol. The number of para-hydroxylation sites is 2. The van der Waals surface area contributed by atoms with Crippen molar-refractivity contribution in [3.05, 3.63) is 72.4 Å². The molecule has 0 radical (unpaired) electrons. The Morgan fingerprint density at radius 1 is 0.811 bits per heavy atom. The summed E-state index contributed by atoms with van der Waals surface area (Å²) in [4.78, 5) is 56.9. The number of rotatable bonds is 10. The first-order chi connectivity index (χ1) is 17.9. The molecular weight excluding hydrogens is 496 g/mol. The Bertz CT molecular complexity index is 1140. The van der Waals surface area contributed by atoms with Gasteiger partial charge in [-0.05, 0) is 30.7 Å². The summed E-state index contributed by atoms with van der Waals surface area (Å²) in [6, 6.07) is 17.7. The number of benzene rings is 2. The molecule has 0 spiro atoms. The lowest BCUT2D eigenvalue weighted by atomic mass is 10.2. The van der Waals surface area contributed by atoms with E-state index >= 15 is 0 Å². The van der Waals surface area contributed by atoms with E-state index in [4.69, 9.17) is 4.74 Å². The van der Waals surface area contributed by atoms with Crippen molar-refractivity contribution in [3.8, 4) is 5.88 Å². The van der Waals surface area contributed by atoms with Gasteiger partial charge in [-0.2, -0.15) is 4.98 Å². The standard InChI is InChI=1S/C25H26N6O5S/c1-2-9-19-14-22(36-15-20(32)29-23(34)26-17-10-5-3-6-11-17)31-25(28-19)37-16-21(33)30-24(35)27-18-12-7-4-8-13-18/h3-8,10-14H,2,9,15-16H2,1H3,(H2,26,29,32,34)(H2,27,30,33,35). The number of nitrogens with one attached hydrogen (secondary N) is 4. The molecule has 0 saturated heterocycles. The number of carbonyl (C=O) groups is 4. The number of ether oxygens (including phenoxy) is 1. The second-order valence-corrected chi connectivity index (χ2v) is 8.49. The molecule has 0 aliphatic rings. The van der Waals surface area contributed by atoms with Crippen LogP contribution in [-0.4, -0.2) is 46.2 Å². The Morgan fingerprint density at radius 3 is 1.95 bits per heavy atom. The first-order valence-electron chi connectivity index (χ1n) is 11.4. The lowest BCUT2D eigenvalue weighted by molar-refractivity contribution is -0.122. The molecule has 37 heavy (non-hydrogen) atoms. The molecule has 11 nitrogen and oxygen atoms in total. The monoisotopic (exact) mass is 522 g/mol. The number of aryl methyl sites for hydroxylation is 1. The molecule has 0 aliphatic carbocycles. The minimum absolute atomic E-state index is 0.114. The predicted octanol–water partition coefficient (Wildman–Crippen LogP) is 3.60. The third-order valence-corrected chi connectivity index (χ3v) is 5.34. The highest BCUT2D eigenvalue weighted by atomic mass is 32.2. The molecule has 1 aromatic heterocycles. The Balaban J connectivity index is 1.50. The first-order valence-corrected chi connectivity index (χ1v) is 12.3. The summed E-state index contributed by atoms with van der Waals surface area (Å²) >= 11 is 1.02. The summed E-state index contributed by atoms with van der Waals surface area (Å²) in [5, 5.41) is 9.77. The van der Waals surface area contributed by atoms with E-state index in [0.717, 1.165) is 18.2 Å². The lowest BCUT2D eigenvalue weighted by Crippen LogP contribution is -2.37. The average Bonchev–Trinajstić information content (AvgIpc) is 2.87. The van der Waals surface area contributed by atoms with Crippen LogP contribution in [0.5, 0.6) is 5.88 Å². The van der Waals surface area contributed by atoms with E-state index in [0.29, 0.717) is 23.5 Å². The Kier molecular flexibility index (Phi) is 10.4. The van der Waals surface area contributed by atoms with Crippen LogP contribution >= 0.6 is 11.8 Å². The van der Waals surface area contributed by atoms with Crippen molar-refractivity contribution in [2.75, 3.05) is 23.0 Å². The number of nitrogens with zero attached hydrogens (tertiary/aromatic N) is 2. The molecule has 0 saturated carbocycles. The molecule has 0 bridgehead atoms. The summed E-state index contributed by atoms with van der Waals surface area (Å²) < 4.78 is 5.46. The van der Waals surface area contributed by atoms with Crippen LogP contribution in [0.1, 0.15) is 19.0 Å². The number of urea groups is 2. The van der Waals surface area contributed by atoms with E-state index in [1.807, 2.05) is 13.0 Å². The summed E-state index contributed by atoms with van der Waals surface area (Å²) in [5.41, 5.74) is 1.76. The molecule has 6 amide bonds. The van der Waals surface area contributed by atoms with Gasteiger partial charge in [0, 0.05) is 23.1 Å². The highest BCUT2D eigenvalue weighted by Crippen LogP contribution is 2.19. The molecule has 4 N–H and O–H groups in total. The smallest absolute Gasteiger partial charge is 0.325 e. The highest BCUT2D eigenvalue weighted by molar-refractivity contribution is 7.99. The van der Waals surface area contributed by atoms with Crippen LogP contribution in [0.3, 0.4) is 0 Å². The second kappa shape index (κ2) is 14.2. The summed E-state index contributed by atoms with van der Waals surface area (Å²) in [5.74, 6) is -1.18. The van der Waals surface area contributed by atoms with Gasteiger partial charge >= 0.3 is 12.1 Å². The van der Waals surface area contributed by atoms with Gasteiger partial charge in [-0.25, -0.2) is 14.6 Å². The third-order valence-electron chi connectivity index (χ3n) is 4.49. The molecule has 192 valence electrons. The predicted molar refractivity (Wildman–Crippen MR) is 139 cm³/mol. The molecule has 3 rings (SSSR count). The second-order valence-electron chi connectivity index (χ2n) is 7.54. The third kappa shape index (κ3) is 9.98. The number of anilines is 2. The maximum absolute atomic E-state index is 12.2. The minimum Gasteiger partial charge on any atom is -0.467 e. The number of hydrogen-bond acceptors (Lipinski definition) is 8. The van der Waals surface area contributed by atoms with Gasteiger partial charge in [0.05, 0.1) is 5.75 Å². The van der Waals surface area contributed by atoms with E-state index < -0.39 is 30.5 Å². The number of hydrogen-bond donors (Lipinski definition) is 4. The maximum atomic E-state index is 12.2. The van der Waals surface area contributed by atoms with E-state index in [1.165, 1.54) is 0 Å². The molecule has 2 aromatic carbocycles. The van der Waals surface area contributed by atoms with E-state index in [-0.39, 0.29) is 16.8 Å². The summed E-state index contributed by atoms with van der Waals surface area (Å²) in [7, 11) is 0. The van der Waals surface area contributed by atoms with Gasteiger partial charge in [-0.1, -0.05) is 61.5 Å². The number of amides is 6. The van der Waals surface area contributed by atoms with E-state index in [1.54, 1.807) is 60.7 Å².